The number of carbonyl (C=O) groups excluding carboxylic acids is 1. The fourth-order valence-corrected chi connectivity index (χ4v) is 2.04. The smallest absolute Gasteiger partial charge is 0.248 e. The van der Waals surface area contributed by atoms with E-state index >= 15 is 0 Å². The molecule has 0 aliphatic carbocycles. The first kappa shape index (κ1) is 14.6. The molecule has 1 N–H and O–H groups in total. The molecule has 20 heavy (non-hydrogen) atoms. The molecule has 0 aliphatic rings. The lowest BCUT2D eigenvalue weighted by molar-refractivity contribution is -0.111. The Hall–Kier alpha value is -1.77. The molecule has 2 aromatic carbocycles. The summed E-state index contributed by atoms with van der Waals surface area (Å²) in [4.78, 5) is 11.8. The SMILES string of the molecule is Cc1cc(Cl)ccc1NC(=O)/C=C/c1ccc(Cl)cc1. The zero-order chi connectivity index (χ0) is 14.5. The van der Waals surface area contributed by atoms with Crippen molar-refractivity contribution in [2.24, 2.45) is 0 Å². The molecule has 0 saturated heterocycles. The van der Waals surface area contributed by atoms with Gasteiger partial charge in [-0.1, -0.05) is 35.3 Å². The van der Waals surface area contributed by atoms with Gasteiger partial charge in [0.25, 0.3) is 0 Å². The third-order valence-electron chi connectivity index (χ3n) is 2.74. The first-order valence-electron chi connectivity index (χ1n) is 6.05. The van der Waals surface area contributed by atoms with Gasteiger partial charge in [-0.15, -0.1) is 0 Å². The first-order valence-corrected chi connectivity index (χ1v) is 6.81. The van der Waals surface area contributed by atoms with Crippen LogP contribution in [0.25, 0.3) is 6.08 Å². The summed E-state index contributed by atoms with van der Waals surface area (Å²) in [6.07, 6.45) is 3.22. The van der Waals surface area contributed by atoms with Crippen LogP contribution in [0.5, 0.6) is 0 Å². The molecule has 0 aromatic heterocycles. The minimum Gasteiger partial charge on any atom is -0.322 e. The number of hydrogen-bond acceptors (Lipinski definition) is 1. The van der Waals surface area contributed by atoms with Crippen molar-refractivity contribution in [1.29, 1.82) is 0 Å². The van der Waals surface area contributed by atoms with E-state index in [-0.39, 0.29) is 5.91 Å². The van der Waals surface area contributed by atoms with Crippen LogP contribution in [0.15, 0.2) is 48.5 Å². The summed E-state index contributed by atoms with van der Waals surface area (Å²) in [7, 11) is 0. The summed E-state index contributed by atoms with van der Waals surface area (Å²) in [6, 6.07) is 12.6. The largest absolute Gasteiger partial charge is 0.322 e. The van der Waals surface area contributed by atoms with E-state index in [0.29, 0.717) is 10.0 Å². The molecule has 2 nitrogen and oxygen atoms in total. The maximum atomic E-state index is 11.8. The molecule has 0 fully saturated rings. The average molecular weight is 306 g/mol. The van der Waals surface area contributed by atoms with Crippen LogP contribution in [0.2, 0.25) is 10.0 Å². The zero-order valence-corrected chi connectivity index (χ0v) is 12.4. The van der Waals surface area contributed by atoms with Gasteiger partial charge in [0, 0.05) is 21.8 Å². The molecule has 0 spiro atoms. The molecule has 0 radical (unpaired) electrons. The number of hydrogen-bond donors (Lipinski definition) is 1. The van der Waals surface area contributed by atoms with E-state index in [1.807, 2.05) is 19.1 Å². The molecule has 0 saturated carbocycles. The Morgan fingerprint density at radius 3 is 2.35 bits per heavy atom. The van der Waals surface area contributed by atoms with E-state index in [1.165, 1.54) is 6.08 Å². The van der Waals surface area contributed by atoms with Gasteiger partial charge >= 0.3 is 0 Å². The number of halogens is 2. The number of aryl methyl sites for hydroxylation is 1. The highest BCUT2D eigenvalue weighted by Crippen LogP contribution is 2.19. The predicted molar refractivity (Wildman–Crippen MR) is 85.3 cm³/mol. The van der Waals surface area contributed by atoms with Crippen LogP contribution in [0.3, 0.4) is 0 Å². The maximum absolute atomic E-state index is 11.8. The maximum Gasteiger partial charge on any atom is 0.248 e. The number of amides is 1. The number of anilines is 1. The predicted octanol–water partition coefficient (Wildman–Crippen LogP) is 4.95. The summed E-state index contributed by atoms with van der Waals surface area (Å²) in [5.74, 6) is -0.189. The van der Waals surface area contributed by atoms with Crippen molar-refractivity contribution in [3.05, 3.63) is 69.7 Å². The summed E-state index contributed by atoms with van der Waals surface area (Å²) in [6.45, 7) is 1.89. The molecule has 2 rings (SSSR count). The van der Waals surface area contributed by atoms with Gasteiger partial charge in [-0.2, -0.15) is 0 Å². The number of rotatable bonds is 3. The van der Waals surface area contributed by atoms with E-state index in [2.05, 4.69) is 5.32 Å². The molecule has 0 atom stereocenters. The second-order valence-corrected chi connectivity index (χ2v) is 5.21. The highest BCUT2D eigenvalue weighted by Gasteiger charge is 2.02. The molecule has 0 unspecified atom stereocenters. The summed E-state index contributed by atoms with van der Waals surface area (Å²) in [5.41, 5.74) is 2.59. The lowest BCUT2D eigenvalue weighted by Gasteiger charge is -2.06. The topological polar surface area (TPSA) is 29.1 Å². The zero-order valence-electron chi connectivity index (χ0n) is 10.9. The fourth-order valence-electron chi connectivity index (χ4n) is 1.69. The third-order valence-corrected chi connectivity index (χ3v) is 3.23. The minimum absolute atomic E-state index is 0.189. The third kappa shape index (κ3) is 4.12. The van der Waals surface area contributed by atoms with Crippen LogP contribution in [-0.2, 0) is 4.79 Å². The monoisotopic (exact) mass is 305 g/mol. The van der Waals surface area contributed by atoms with Crippen LogP contribution in [-0.4, -0.2) is 5.91 Å². The van der Waals surface area contributed by atoms with Gasteiger partial charge in [0.2, 0.25) is 5.91 Å². The van der Waals surface area contributed by atoms with E-state index in [4.69, 9.17) is 23.2 Å². The van der Waals surface area contributed by atoms with Crippen molar-refractivity contribution in [3.8, 4) is 0 Å². The number of carbonyl (C=O) groups is 1. The van der Waals surface area contributed by atoms with Gasteiger partial charge in [-0.05, 0) is 54.5 Å². The molecule has 0 bridgehead atoms. The van der Waals surface area contributed by atoms with E-state index < -0.39 is 0 Å². The summed E-state index contributed by atoms with van der Waals surface area (Å²) >= 11 is 11.7. The van der Waals surface area contributed by atoms with E-state index in [0.717, 1.165) is 16.8 Å². The highest BCUT2D eigenvalue weighted by atomic mass is 35.5. The van der Waals surface area contributed by atoms with E-state index in [1.54, 1.807) is 36.4 Å². The molecule has 0 aliphatic heterocycles. The Bertz CT molecular complexity index is 648. The number of nitrogens with one attached hydrogen (secondary N) is 1. The summed E-state index contributed by atoms with van der Waals surface area (Å²) < 4.78 is 0. The second kappa shape index (κ2) is 6.60. The van der Waals surface area contributed by atoms with Gasteiger partial charge in [0.1, 0.15) is 0 Å². The Balaban J connectivity index is 2.03. The van der Waals surface area contributed by atoms with Crippen molar-refractivity contribution in [2.45, 2.75) is 6.92 Å². The van der Waals surface area contributed by atoms with Crippen LogP contribution in [0.1, 0.15) is 11.1 Å². The van der Waals surface area contributed by atoms with Crippen LogP contribution >= 0.6 is 23.2 Å². The molecular weight excluding hydrogens is 293 g/mol. The Morgan fingerprint density at radius 2 is 1.70 bits per heavy atom. The van der Waals surface area contributed by atoms with Crippen molar-refractivity contribution in [1.82, 2.24) is 0 Å². The summed E-state index contributed by atoms with van der Waals surface area (Å²) in [5, 5.41) is 4.13. The highest BCUT2D eigenvalue weighted by molar-refractivity contribution is 6.31. The molecule has 1 amide bonds. The molecule has 102 valence electrons. The first-order chi connectivity index (χ1) is 9.54. The quantitative estimate of drug-likeness (QED) is 0.798. The molecule has 2 aromatic rings. The van der Waals surface area contributed by atoms with Crippen LogP contribution in [0.4, 0.5) is 5.69 Å². The van der Waals surface area contributed by atoms with Crippen molar-refractivity contribution < 1.29 is 4.79 Å². The normalized spacial score (nSPS) is 10.8. The Kier molecular flexibility index (Phi) is 4.83. The standard InChI is InChI=1S/C16H13Cl2NO/c1-11-10-14(18)7-8-15(11)19-16(20)9-4-12-2-5-13(17)6-3-12/h2-10H,1H3,(H,19,20)/b9-4+. The number of benzene rings is 2. The van der Waals surface area contributed by atoms with Gasteiger partial charge in [0.05, 0.1) is 0 Å². The fraction of sp³-hybridized carbons (Fsp3) is 0.0625. The lowest BCUT2D eigenvalue weighted by atomic mass is 10.2. The minimum atomic E-state index is -0.189. The van der Waals surface area contributed by atoms with Crippen molar-refractivity contribution >= 4 is 40.9 Å². The van der Waals surface area contributed by atoms with Gasteiger partial charge in [-0.25, -0.2) is 0 Å². The average Bonchev–Trinajstić information content (AvgIpc) is 2.41. The van der Waals surface area contributed by atoms with Crippen molar-refractivity contribution in [2.75, 3.05) is 5.32 Å². The van der Waals surface area contributed by atoms with Gasteiger partial charge < -0.3 is 5.32 Å². The van der Waals surface area contributed by atoms with Crippen LogP contribution in [0, 0.1) is 6.92 Å². The van der Waals surface area contributed by atoms with Crippen molar-refractivity contribution in [3.63, 3.8) is 0 Å². The Labute approximate surface area is 128 Å². The Morgan fingerprint density at radius 1 is 1.05 bits per heavy atom. The molecule has 0 heterocycles. The van der Waals surface area contributed by atoms with Crippen LogP contribution < -0.4 is 5.32 Å². The van der Waals surface area contributed by atoms with Gasteiger partial charge in [-0.3, -0.25) is 4.79 Å². The van der Waals surface area contributed by atoms with E-state index in [9.17, 15) is 4.79 Å². The second-order valence-electron chi connectivity index (χ2n) is 4.33. The lowest BCUT2D eigenvalue weighted by Crippen LogP contribution is -2.08. The molecule has 4 heteroatoms. The molecular formula is C16H13Cl2NO. The van der Waals surface area contributed by atoms with Gasteiger partial charge in [0.15, 0.2) is 0 Å².